The van der Waals surface area contributed by atoms with Gasteiger partial charge in [0.15, 0.2) is 5.11 Å². The molecule has 3 N–H and O–H groups in total. The van der Waals surface area contributed by atoms with Gasteiger partial charge in [-0.1, -0.05) is 64.5 Å². The van der Waals surface area contributed by atoms with Gasteiger partial charge in [-0.15, -0.1) is 0 Å². The molecule has 0 spiro atoms. The molecular formula is C22H18BrN3O2S. The Kier molecular flexibility index (Phi) is 6.74. The highest BCUT2D eigenvalue weighted by atomic mass is 79.9. The van der Waals surface area contributed by atoms with Crippen molar-refractivity contribution in [3.05, 3.63) is 87.9 Å². The Bertz CT molecular complexity index is 1120. The van der Waals surface area contributed by atoms with E-state index in [1.165, 1.54) is 6.08 Å². The molecule has 7 heteroatoms. The molecule has 3 aromatic carbocycles. The zero-order valence-electron chi connectivity index (χ0n) is 15.5. The number of rotatable bonds is 3. The predicted molar refractivity (Wildman–Crippen MR) is 123 cm³/mol. The molecule has 0 saturated heterocycles. The number of carbonyl (C=O) groups excluding carboxylic acids is 2. The molecule has 0 aliphatic heterocycles. The van der Waals surface area contributed by atoms with E-state index in [9.17, 15) is 9.59 Å². The number of halogens is 1. The van der Waals surface area contributed by atoms with Crippen molar-refractivity contribution in [1.29, 1.82) is 0 Å². The first kappa shape index (κ1) is 20.7. The molecular weight excluding hydrogens is 450 g/mol. The van der Waals surface area contributed by atoms with Crippen LogP contribution in [0, 0.1) is 6.92 Å². The molecule has 29 heavy (non-hydrogen) atoms. The van der Waals surface area contributed by atoms with Crippen LogP contribution >= 0.6 is 28.1 Å². The lowest BCUT2D eigenvalue weighted by Crippen LogP contribution is -2.48. The number of fused-ring (bicyclic) bond motifs is 1. The van der Waals surface area contributed by atoms with E-state index in [0.29, 0.717) is 5.56 Å². The Morgan fingerprint density at radius 3 is 2.55 bits per heavy atom. The molecule has 0 radical (unpaired) electrons. The largest absolute Gasteiger partial charge is 0.298 e. The van der Waals surface area contributed by atoms with E-state index >= 15 is 0 Å². The van der Waals surface area contributed by atoms with Gasteiger partial charge in [0.05, 0.1) is 0 Å². The van der Waals surface area contributed by atoms with E-state index in [2.05, 4.69) is 32.1 Å². The van der Waals surface area contributed by atoms with Crippen LogP contribution in [0.5, 0.6) is 0 Å². The third-order valence-corrected chi connectivity index (χ3v) is 5.26. The third kappa shape index (κ3) is 5.49. The lowest BCUT2D eigenvalue weighted by atomic mass is 10.0. The monoisotopic (exact) mass is 467 g/mol. The highest BCUT2D eigenvalue weighted by Gasteiger charge is 2.08. The number of benzene rings is 3. The van der Waals surface area contributed by atoms with Crippen LogP contribution in [0.25, 0.3) is 16.8 Å². The molecule has 0 heterocycles. The smallest absolute Gasteiger partial charge is 0.269 e. The fourth-order valence-electron chi connectivity index (χ4n) is 2.67. The average Bonchev–Trinajstić information content (AvgIpc) is 2.72. The first-order valence-corrected chi connectivity index (χ1v) is 9.97. The normalized spacial score (nSPS) is 10.7. The van der Waals surface area contributed by atoms with Crippen molar-refractivity contribution in [2.75, 3.05) is 0 Å². The Balaban J connectivity index is 1.55. The Labute approximate surface area is 182 Å². The molecule has 146 valence electrons. The minimum Gasteiger partial charge on any atom is -0.298 e. The van der Waals surface area contributed by atoms with E-state index in [0.717, 1.165) is 26.4 Å². The van der Waals surface area contributed by atoms with Gasteiger partial charge in [-0.2, -0.15) is 0 Å². The van der Waals surface area contributed by atoms with E-state index in [1.807, 2.05) is 55.5 Å². The van der Waals surface area contributed by atoms with Crippen molar-refractivity contribution >= 4 is 61.9 Å². The van der Waals surface area contributed by atoms with E-state index < -0.39 is 5.91 Å². The molecule has 3 rings (SSSR count). The summed E-state index contributed by atoms with van der Waals surface area (Å²) in [6, 6.07) is 19.1. The maximum Gasteiger partial charge on any atom is 0.269 e. The number of aryl methyl sites for hydroxylation is 1. The summed E-state index contributed by atoms with van der Waals surface area (Å²) in [6.45, 7) is 1.93. The summed E-state index contributed by atoms with van der Waals surface area (Å²) in [5.41, 5.74) is 7.39. The second kappa shape index (κ2) is 9.45. The van der Waals surface area contributed by atoms with Crippen molar-refractivity contribution in [3.8, 4) is 0 Å². The van der Waals surface area contributed by atoms with E-state index in [4.69, 9.17) is 12.2 Å². The predicted octanol–water partition coefficient (Wildman–Crippen LogP) is 4.26. The average molecular weight is 468 g/mol. The summed E-state index contributed by atoms with van der Waals surface area (Å²) in [5.74, 6) is -0.767. The van der Waals surface area contributed by atoms with E-state index in [1.54, 1.807) is 18.2 Å². The van der Waals surface area contributed by atoms with Crippen molar-refractivity contribution in [3.63, 3.8) is 0 Å². The number of thiocarbonyl (C=S) groups is 1. The van der Waals surface area contributed by atoms with Gasteiger partial charge in [0, 0.05) is 16.1 Å². The summed E-state index contributed by atoms with van der Waals surface area (Å²) in [6.07, 6.45) is 3.12. The van der Waals surface area contributed by atoms with Gasteiger partial charge in [-0.25, -0.2) is 0 Å². The third-order valence-electron chi connectivity index (χ3n) is 4.20. The number of hydrazine groups is 1. The first-order valence-electron chi connectivity index (χ1n) is 8.77. The maximum absolute atomic E-state index is 12.2. The second-order valence-corrected chi connectivity index (χ2v) is 7.53. The SMILES string of the molecule is Cc1ccc(C(=O)NNC(=S)NC(=O)C=Cc2cccc3ccccc23)cc1Br. The van der Waals surface area contributed by atoms with Crippen molar-refractivity contribution in [2.45, 2.75) is 6.92 Å². The minimum atomic E-state index is -0.400. The van der Waals surface area contributed by atoms with Crippen LogP contribution < -0.4 is 16.2 Å². The standard InChI is InChI=1S/C22H18BrN3O2S/c1-14-9-10-17(13-19(14)23)21(28)25-26-22(29)24-20(27)12-11-16-7-4-6-15-5-2-3-8-18(15)16/h2-13H,1H3,(H,25,28)(H2,24,26,27,29). The number of hydrogen-bond acceptors (Lipinski definition) is 3. The fourth-order valence-corrected chi connectivity index (χ4v) is 3.20. The molecule has 0 aliphatic rings. The summed E-state index contributed by atoms with van der Waals surface area (Å²) >= 11 is 8.44. The fraction of sp³-hybridized carbons (Fsp3) is 0.0455. The summed E-state index contributed by atoms with van der Waals surface area (Å²) in [5, 5.41) is 4.64. The second-order valence-electron chi connectivity index (χ2n) is 6.26. The Hall–Kier alpha value is -3.03. The van der Waals surface area contributed by atoms with E-state index in [-0.39, 0.29) is 11.0 Å². The Morgan fingerprint density at radius 2 is 1.76 bits per heavy atom. The van der Waals surface area contributed by atoms with Gasteiger partial charge in [0.25, 0.3) is 5.91 Å². The van der Waals surface area contributed by atoms with Gasteiger partial charge < -0.3 is 0 Å². The Morgan fingerprint density at radius 1 is 1.00 bits per heavy atom. The van der Waals surface area contributed by atoms with Crippen molar-refractivity contribution in [1.82, 2.24) is 16.2 Å². The number of nitrogens with one attached hydrogen (secondary N) is 3. The molecule has 0 fully saturated rings. The number of carbonyl (C=O) groups is 2. The summed E-state index contributed by atoms with van der Waals surface area (Å²) in [4.78, 5) is 24.3. The van der Waals surface area contributed by atoms with Crippen LogP contribution in [0.1, 0.15) is 21.5 Å². The van der Waals surface area contributed by atoms with Crippen LogP contribution in [0.2, 0.25) is 0 Å². The van der Waals surface area contributed by atoms with Gasteiger partial charge in [-0.3, -0.25) is 25.8 Å². The van der Waals surface area contributed by atoms with Crippen LogP contribution in [-0.4, -0.2) is 16.9 Å². The first-order chi connectivity index (χ1) is 13.9. The quantitative estimate of drug-likeness (QED) is 0.305. The van der Waals surface area contributed by atoms with Gasteiger partial charge >= 0.3 is 0 Å². The molecule has 0 atom stereocenters. The lowest BCUT2D eigenvalue weighted by Gasteiger charge is -2.10. The molecule has 3 aromatic rings. The summed E-state index contributed by atoms with van der Waals surface area (Å²) in [7, 11) is 0. The zero-order valence-corrected chi connectivity index (χ0v) is 17.9. The van der Waals surface area contributed by atoms with Crippen LogP contribution in [0.15, 0.2) is 71.2 Å². The number of hydrogen-bond donors (Lipinski definition) is 3. The zero-order chi connectivity index (χ0) is 20.8. The van der Waals surface area contributed by atoms with Crippen LogP contribution in [-0.2, 0) is 4.79 Å². The highest BCUT2D eigenvalue weighted by Crippen LogP contribution is 2.19. The summed E-state index contributed by atoms with van der Waals surface area (Å²) < 4.78 is 0.833. The van der Waals surface area contributed by atoms with Gasteiger partial charge in [-0.05, 0) is 59.2 Å². The maximum atomic E-state index is 12.2. The van der Waals surface area contributed by atoms with Gasteiger partial charge in [0.2, 0.25) is 5.91 Å². The molecule has 0 bridgehead atoms. The molecule has 2 amide bonds. The molecule has 0 saturated carbocycles. The van der Waals surface area contributed by atoms with Crippen molar-refractivity contribution < 1.29 is 9.59 Å². The van der Waals surface area contributed by atoms with Crippen LogP contribution in [0.4, 0.5) is 0 Å². The lowest BCUT2D eigenvalue weighted by molar-refractivity contribution is -0.115. The highest BCUT2D eigenvalue weighted by molar-refractivity contribution is 9.10. The molecule has 0 aliphatic carbocycles. The minimum absolute atomic E-state index is 0.00269. The topological polar surface area (TPSA) is 70.2 Å². The molecule has 5 nitrogen and oxygen atoms in total. The van der Waals surface area contributed by atoms with Crippen molar-refractivity contribution in [2.24, 2.45) is 0 Å². The van der Waals surface area contributed by atoms with Crippen LogP contribution in [0.3, 0.4) is 0 Å². The molecule has 0 aromatic heterocycles. The number of amides is 2. The van der Waals surface area contributed by atoms with Gasteiger partial charge in [0.1, 0.15) is 0 Å². The molecule has 0 unspecified atom stereocenters.